The Bertz CT molecular complexity index is 118. The van der Waals surface area contributed by atoms with E-state index in [0.29, 0.717) is 12.8 Å². The van der Waals surface area contributed by atoms with E-state index in [0.717, 1.165) is 0 Å². The fourth-order valence-corrected chi connectivity index (χ4v) is 0.536. The topological polar surface area (TPSA) is 52.3 Å². The Hall–Kier alpha value is -0.570. The van der Waals surface area contributed by atoms with Crippen molar-refractivity contribution in [3.8, 4) is 0 Å². The number of rotatable bonds is 2. The molecular weight excluding hydrogens is 106 g/mol. The number of ether oxygens (including phenoxy) is 1. The number of carbonyl (C=O) groups is 1. The fraction of sp³-hybridized carbons (Fsp3) is 0.600. The van der Waals surface area contributed by atoms with E-state index < -0.39 is 11.5 Å². The van der Waals surface area contributed by atoms with Gasteiger partial charge in [0.25, 0.3) is 0 Å². The second kappa shape index (κ2) is 1.45. The molecule has 0 aromatic heterocycles. The average Bonchev–Trinajstić information content (AvgIpc) is 2.44. The Morgan fingerprint density at radius 3 is 2.25 bits per heavy atom. The van der Waals surface area contributed by atoms with E-state index in [9.17, 15) is 4.79 Å². The van der Waals surface area contributed by atoms with E-state index in [1.54, 1.807) is 0 Å². The van der Waals surface area contributed by atoms with Gasteiger partial charge in [-0.3, -0.25) is 4.79 Å². The minimum atomic E-state index is -0.792. The van der Waals surface area contributed by atoms with E-state index >= 15 is 0 Å². The van der Waals surface area contributed by atoms with Gasteiger partial charge < -0.3 is 10.5 Å². The monoisotopic (exact) mass is 113 g/mol. The van der Waals surface area contributed by atoms with Gasteiger partial charge in [-0.1, -0.05) is 0 Å². The molecule has 1 saturated carbocycles. The minimum absolute atomic E-state index is 0.458. The van der Waals surface area contributed by atoms with E-state index in [1.165, 1.54) is 0 Å². The fourth-order valence-electron chi connectivity index (χ4n) is 0.536. The summed E-state index contributed by atoms with van der Waals surface area (Å²) in [7, 11) is 4.77. The number of carbonyl (C=O) groups excluding carboxylic acids is 1. The lowest BCUT2D eigenvalue weighted by molar-refractivity contribution is -0.128. The van der Waals surface area contributed by atoms with Gasteiger partial charge in [-0.25, -0.2) is 0 Å². The predicted octanol–water partition coefficient (Wildman–Crippen LogP) is -0.311. The first-order chi connectivity index (χ1) is 3.71. The van der Waals surface area contributed by atoms with Gasteiger partial charge in [0, 0.05) is 0 Å². The Labute approximate surface area is 47.8 Å². The van der Waals surface area contributed by atoms with Crippen molar-refractivity contribution < 1.29 is 9.53 Å². The normalized spacial score (nSPS) is 22.6. The molecule has 0 spiro atoms. The molecule has 1 aliphatic rings. The average molecular weight is 113 g/mol. The van der Waals surface area contributed by atoms with Gasteiger partial charge in [0.2, 0.25) is 5.91 Å². The highest BCUT2D eigenvalue weighted by Gasteiger charge is 2.49. The maximum absolute atomic E-state index is 10.3. The number of hydrogen-bond acceptors (Lipinski definition) is 2. The van der Waals surface area contributed by atoms with Gasteiger partial charge in [-0.05, 0) is 12.8 Å². The minimum Gasteiger partial charge on any atom is -0.367 e. The maximum atomic E-state index is 10.3. The summed E-state index contributed by atoms with van der Waals surface area (Å²) in [6.07, 6.45) is 1.33. The highest BCUT2D eigenvalue weighted by atomic mass is 16.5. The number of nitrogens with two attached hydrogens (primary N) is 1. The largest absolute Gasteiger partial charge is 0.367 e. The molecule has 0 saturated heterocycles. The molecule has 8 heavy (non-hydrogen) atoms. The van der Waals surface area contributed by atoms with Crippen LogP contribution in [-0.2, 0) is 9.53 Å². The Balaban J connectivity index is 2.53. The van der Waals surface area contributed by atoms with Crippen molar-refractivity contribution in [3.05, 3.63) is 7.11 Å². The molecule has 0 aromatic carbocycles. The van der Waals surface area contributed by atoms with Crippen molar-refractivity contribution in [3.63, 3.8) is 0 Å². The van der Waals surface area contributed by atoms with Crippen LogP contribution in [0.2, 0.25) is 0 Å². The summed E-state index contributed by atoms with van der Waals surface area (Å²) >= 11 is 0. The summed E-state index contributed by atoms with van der Waals surface area (Å²) in [6.45, 7) is 0. The molecule has 0 aliphatic heterocycles. The molecule has 0 atom stereocenters. The number of amides is 1. The lowest BCUT2D eigenvalue weighted by Crippen LogP contribution is -2.31. The van der Waals surface area contributed by atoms with Crippen LogP contribution in [0.25, 0.3) is 0 Å². The van der Waals surface area contributed by atoms with Crippen molar-refractivity contribution >= 4 is 5.91 Å². The first-order valence-electron chi connectivity index (χ1n) is 2.39. The lowest BCUT2D eigenvalue weighted by Gasteiger charge is -2.04. The van der Waals surface area contributed by atoms with E-state index in [4.69, 9.17) is 12.8 Å². The molecule has 0 bridgehead atoms. The van der Waals surface area contributed by atoms with Crippen LogP contribution in [0.15, 0.2) is 0 Å². The van der Waals surface area contributed by atoms with Gasteiger partial charge in [-0.15, -0.1) is 0 Å². The molecule has 0 aromatic rings. The summed E-state index contributed by atoms with van der Waals surface area (Å²) in [5, 5.41) is 0. The molecule has 3 nitrogen and oxygen atoms in total. The molecule has 2 radical (unpaired) electrons. The predicted molar refractivity (Wildman–Crippen MR) is 26.5 cm³/mol. The zero-order chi connectivity index (χ0) is 6.20. The zero-order valence-electron chi connectivity index (χ0n) is 4.39. The van der Waals surface area contributed by atoms with Crippen LogP contribution in [-0.4, -0.2) is 11.5 Å². The molecule has 0 heterocycles. The Morgan fingerprint density at radius 1 is 1.75 bits per heavy atom. The number of primary amides is 1. The Kier molecular flexibility index (Phi) is 1.01. The summed E-state index contributed by atoms with van der Waals surface area (Å²) in [4.78, 5) is 10.3. The van der Waals surface area contributed by atoms with Gasteiger partial charge in [0.15, 0.2) is 0 Å². The molecule has 1 fully saturated rings. The van der Waals surface area contributed by atoms with E-state index in [-0.39, 0.29) is 0 Å². The van der Waals surface area contributed by atoms with Gasteiger partial charge in [0.1, 0.15) is 12.7 Å². The van der Waals surface area contributed by atoms with Gasteiger partial charge >= 0.3 is 0 Å². The third kappa shape index (κ3) is 0.591. The third-order valence-corrected chi connectivity index (χ3v) is 1.38. The first kappa shape index (κ1) is 5.56. The second-order valence-corrected chi connectivity index (χ2v) is 1.98. The SMILES string of the molecule is [CH]OC1(C(N)=O)CC1. The van der Waals surface area contributed by atoms with Crippen LogP contribution in [0.5, 0.6) is 0 Å². The smallest absolute Gasteiger partial charge is 0.249 e. The lowest BCUT2D eigenvalue weighted by atomic mass is 10.3. The van der Waals surface area contributed by atoms with Crippen molar-refractivity contribution in [1.82, 2.24) is 0 Å². The number of hydrogen-bond donors (Lipinski definition) is 1. The van der Waals surface area contributed by atoms with Crippen LogP contribution >= 0.6 is 0 Å². The highest BCUT2D eigenvalue weighted by Crippen LogP contribution is 2.38. The summed E-state index contributed by atoms with van der Waals surface area (Å²) in [5.41, 5.74) is 4.11. The quantitative estimate of drug-likeness (QED) is 0.534. The molecule has 1 amide bonds. The van der Waals surface area contributed by atoms with E-state index in [1.807, 2.05) is 0 Å². The van der Waals surface area contributed by atoms with Crippen LogP contribution < -0.4 is 5.73 Å². The zero-order valence-corrected chi connectivity index (χ0v) is 4.39. The molecule has 44 valence electrons. The van der Waals surface area contributed by atoms with Crippen LogP contribution in [0.1, 0.15) is 12.8 Å². The summed E-state index contributed by atoms with van der Waals surface area (Å²) in [5.74, 6) is -0.458. The van der Waals surface area contributed by atoms with Crippen LogP contribution in [0.3, 0.4) is 0 Å². The molecule has 1 rings (SSSR count). The van der Waals surface area contributed by atoms with Crippen molar-refractivity contribution in [1.29, 1.82) is 0 Å². The maximum Gasteiger partial charge on any atom is 0.249 e. The summed E-state index contributed by atoms with van der Waals surface area (Å²) in [6, 6.07) is 0. The standard InChI is InChI=1S/C5H7NO2/c1-8-5(2-3-5)4(6)7/h1H,2-3H2,(H2,6,7). The van der Waals surface area contributed by atoms with Gasteiger partial charge in [-0.2, -0.15) is 0 Å². The van der Waals surface area contributed by atoms with Crippen molar-refractivity contribution in [2.45, 2.75) is 18.4 Å². The Morgan fingerprint density at radius 2 is 2.25 bits per heavy atom. The molecule has 3 heteroatoms. The third-order valence-electron chi connectivity index (χ3n) is 1.38. The molecule has 0 unspecified atom stereocenters. The molecule has 1 aliphatic carbocycles. The van der Waals surface area contributed by atoms with Crippen molar-refractivity contribution in [2.24, 2.45) is 5.73 Å². The van der Waals surface area contributed by atoms with Gasteiger partial charge in [0.05, 0.1) is 0 Å². The molecule has 2 N–H and O–H groups in total. The molecular formula is C5H7NO2. The highest BCUT2D eigenvalue weighted by molar-refractivity contribution is 5.86. The van der Waals surface area contributed by atoms with Crippen molar-refractivity contribution in [2.75, 3.05) is 0 Å². The van der Waals surface area contributed by atoms with Crippen LogP contribution in [0, 0.1) is 7.11 Å². The second-order valence-electron chi connectivity index (χ2n) is 1.98. The van der Waals surface area contributed by atoms with E-state index in [2.05, 4.69) is 4.74 Å². The summed E-state index contributed by atoms with van der Waals surface area (Å²) < 4.78 is 4.34. The first-order valence-corrected chi connectivity index (χ1v) is 2.39. The van der Waals surface area contributed by atoms with Crippen LogP contribution in [0.4, 0.5) is 0 Å².